The SMILES string of the molecule is CCC(Oc1c(C)n(CCOc2ccc(OC)cc2)ccc1=O)C(=O)OCC(C)C. The molecule has 1 aromatic carbocycles. The zero-order valence-corrected chi connectivity index (χ0v) is 18.3. The summed E-state index contributed by atoms with van der Waals surface area (Å²) in [6.45, 7) is 8.77. The fourth-order valence-electron chi connectivity index (χ4n) is 2.76. The summed E-state index contributed by atoms with van der Waals surface area (Å²) in [5, 5.41) is 0. The first-order chi connectivity index (χ1) is 14.3. The number of esters is 1. The smallest absolute Gasteiger partial charge is 0.347 e. The van der Waals surface area contributed by atoms with Gasteiger partial charge in [0.05, 0.1) is 26.0 Å². The van der Waals surface area contributed by atoms with Crippen LogP contribution in [0.3, 0.4) is 0 Å². The molecule has 1 unspecified atom stereocenters. The molecule has 0 spiro atoms. The van der Waals surface area contributed by atoms with Crippen molar-refractivity contribution in [3.8, 4) is 17.2 Å². The summed E-state index contributed by atoms with van der Waals surface area (Å²) in [5.41, 5.74) is 0.367. The average molecular weight is 418 g/mol. The third-order valence-corrected chi connectivity index (χ3v) is 4.50. The van der Waals surface area contributed by atoms with E-state index in [4.69, 9.17) is 18.9 Å². The molecule has 0 fully saturated rings. The first-order valence-corrected chi connectivity index (χ1v) is 10.2. The Hall–Kier alpha value is -2.96. The molecular weight excluding hydrogens is 386 g/mol. The van der Waals surface area contributed by atoms with Crippen molar-refractivity contribution in [2.75, 3.05) is 20.3 Å². The van der Waals surface area contributed by atoms with Gasteiger partial charge in [-0.15, -0.1) is 0 Å². The molecule has 0 bridgehead atoms. The van der Waals surface area contributed by atoms with Gasteiger partial charge in [-0.25, -0.2) is 4.79 Å². The highest BCUT2D eigenvalue weighted by Crippen LogP contribution is 2.18. The molecule has 0 aliphatic heterocycles. The molecule has 0 aliphatic carbocycles. The van der Waals surface area contributed by atoms with E-state index in [0.717, 1.165) is 11.5 Å². The number of pyridine rings is 1. The van der Waals surface area contributed by atoms with Crippen LogP contribution < -0.4 is 19.6 Å². The van der Waals surface area contributed by atoms with Gasteiger partial charge >= 0.3 is 5.97 Å². The third-order valence-electron chi connectivity index (χ3n) is 4.50. The Morgan fingerprint density at radius 2 is 1.77 bits per heavy atom. The number of aromatic nitrogens is 1. The molecule has 164 valence electrons. The Morgan fingerprint density at radius 3 is 2.37 bits per heavy atom. The Balaban J connectivity index is 2.04. The molecule has 1 aromatic heterocycles. The average Bonchev–Trinajstić information content (AvgIpc) is 2.74. The van der Waals surface area contributed by atoms with E-state index < -0.39 is 12.1 Å². The van der Waals surface area contributed by atoms with Crippen LogP contribution in [-0.4, -0.2) is 37.0 Å². The molecule has 0 amide bonds. The topological polar surface area (TPSA) is 76.0 Å². The zero-order valence-electron chi connectivity index (χ0n) is 18.3. The van der Waals surface area contributed by atoms with E-state index in [9.17, 15) is 9.59 Å². The van der Waals surface area contributed by atoms with Crippen molar-refractivity contribution >= 4 is 5.97 Å². The fourth-order valence-corrected chi connectivity index (χ4v) is 2.76. The van der Waals surface area contributed by atoms with Crippen LogP contribution in [0.1, 0.15) is 32.9 Å². The number of carbonyl (C=O) groups excluding carboxylic acids is 1. The third kappa shape index (κ3) is 6.54. The number of rotatable bonds is 11. The van der Waals surface area contributed by atoms with Crippen molar-refractivity contribution in [3.63, 3.8) is 0 Å². The van der Waals surface area contributed by atoms with Gasteiger partial charge in [-0.05, 0) is 43.5 Å². The second-order valence-electron chi connectivity index (χ2n) is 7.35. The molecule has 2 aromatic rings. The van der Waals surface area contributed by atoms with Gasteiger partial charge in [-0.2, -0.15) is 0 Å². The fraction of sp³-hybridized carbons (Fsp3) is 0.478. The highest BCUT2D eigenvalue weighted by molar-refractivity contribution is 5.75. The molecular formula is C23H31NO6. The van der Waals surface area contributed by atoms with Crippen LogP contribution >= 0.6 is 0 Å². The predicted octanol–water partition coefficient (Wildman–Crippen LogP) is 3.60. The molecule has 1 heterocycles. The molecule has 0 saturated heterocycles. The summed E-state index contributed by atoms with van der Waals surface area (Å²) in [6, 6.07) is 8.76. The molecule has 0 aliphatic rings. The van der Waals surface area contributed by atoms with Gasteiger partial charge in [-0.3, -0.25) is 4.79 Å². The Labute approximate surface area is 177 Å². The van der Waals surface area contributed by atoms with Gasteiger partial charge in [0.15, 0.2) is 11.9 Å². The second-order valence-corrected chi connectivity index (χ2v) is 7.35. The standard InChI is InChI=1S/C23H31NO6/c1-6-21(23(26)29-15-16(2)3)30-22-17(4)24(12-11-20(22)25)13-14-28-19-9-7-18(27-5)8-10-19/h7-12,16,21H,6,13-15H2,1-5H3. The minimum absolute atomic E-state index is 0.162. The van der Waals surface area contributed by atoms with Crippen LogP contribution in [0.15, 0.2) is 41.3 Å². The van der Waals surface area contributed by atoms with Gasteiger partial charge in [0.1, 0.15) is 18.1 Å². The number of nitrogens with zero attached hydrogens (tertiary/aromatic N) is 1. The minimum Gasteiger partial charge on any atom is -0.497 e. The summed E-state index contributed by atoms with van der Waals surface area (Å²) >= 11 is 0. The first kappa shape index (κ1) is 23.3. The van der Waals surface area contributed by atoms with Gasteiger partial charge in [-0.1, -0.05) is 20.8 Å². The van der Waals surface area contributed by atoms with E-state index in [1.807, 2.05) is 49.6 Å². The number of hydrogen-bond acceptors (Lipinski definition) is 6. The number of hydrogen-bond donors (Lipinski definition) is 0. The monoisotopic (exact) mass is 417 g/mol. The molecule has 0 saturated carbocycles. The number of methoxy groups -OCH3 is 1. The van der Waals surface area contributed by atoms with E-state index in [-0.39, 0.29) is 17.1 Å². The maximum absolute atomic E-state index is 12.4. The van der Waals surface area contributed by atoms with Crippen LogP contribution in [0.2, 0.25) is 0 Å². The van der Waals surface area contributed by atoms with Crippen LogP contribution in [0, 0.1) is 12.8 Å². The van der Waals surface area contributed by atoms with Crippen molar-refractivity contribution < 1.29 is 23.7 Å². The lowest BCUT2D eigenvalue weighted by atomic mass is 10.2. The summed E-state index contributed by atoms with van der Waals surface area (Å²) in [6.07, 6.45) is 1.28. The Kier molecular flexibility index (Phi) is 8.77. The molecule has 7 heteroatoms. The molecule has 0 radical (unpaired) electrons. The van der Waals surface area contributed by atoms with Crippen molar-refractivity contribution in [2.45, 2.75) is 46.8 Å². The number of carbonyl (C=O) groups is 1. The zero-order chi connectivity index (χ0) is 22.1. The van der Waals surface area contributed by atoms with Crippen LogP contribution in [0.5, 0.6) is 17.2 Å². The van der Waals surface area contributed by atoms with E-state index >= 15 is 0 Å². The second kappa shape index (κ2) is 11.3. The Bertz CT molecular complexity index is 872. The molecule has 2 rings (SSSR count). The molecule has 7 nitrogen and oxygen atoms in total. The number of benzene rings is 1. The maximum atomic E-state index is 12.4. The normalized spacial score (nSPS) is 11.8. The lowest BCUT2D eigenvalue weighted by Crippen LogP contribution is -2.32. The van der Waals surface area contributed by atoms with Gasteiger partial charge in [0, 0.05) is 12.3 Å². The summed E-state index contributed by atoms with van der Waals surface area (Å²) < 4.78 is 23.8. The van der Waals surface area contributed by atoms with Crippen LogP contribution in [0.25, 0.3) is 0 Å². The van der Waals surface area contributed by atoms with Gasteiger partial charge in [0.2, 0.25) is 5.43 Å². The van der Waals surface area contributed by atoms with E-state index in [0.29, 0.717) is 31.9 Å². The van der Waals surface area contributed by atoms with Gasteiger partial charge in [0.25, 0.3) is 0 Å². The molecule has 1 atom stereocenters. The summed E-state index contributed by atoms with van der Waals surface area (Å²) in [4.78, 5) is 24.6. The van der Waals surface area contributed by atoms with Gasteiger partial charge < -0.3 is 23.5 Å². The summed E-state index contributed by atoms with van der Waals surface area (Å²) in [5.74, 6) is 1.43. The lowest BCUT2D eigenvalue weighted by molar-refractivity contribution is -0.153. The van der Waals surface area contributed by atoms with Crippen molar-refractivity contribution in [1.82, 2.24) is 4.57 Å². The lowest BCUT2D eigenvalue weighted by Gasteiger charge is -2.20. The minimum atomic E-state index is -0.818. The van der Waals surface area contributed by atoms with Crippen molar-refractivity contribution in [3.05, 3.63) is 52.4 Å². The van der Waals surface area contributed by atoms with E-state index in [2.05, 4.69) is 0 Å². The molecule has 30 heavy (non-hydrogen) atoms. The van der Waals surface area contributed by atoms with Crippen LogP contribution in [0.4, 0.5) is 0 Å². The highest BCUT2D eigenvalue weighted by atomic mass is 16.6. The van der Waals surface area contributed by atoms with Crippen molar-refractivity contribution in [2.24, 2.45) is 5.92 Å². The molecule has 0 N–H and O–H groups in total. The summed E-state index contributed by atoms with van der Waals surface area (Å²) in [7, 11) is 1.61. The van der Waals surface area contributed by atoms with Crippen LogP contribution in [-0.2, 0) is 16.1 Å². The first-order valence-electron chi connectivity index (χ1n) is 10.2. The Morgan fingerprint density at radius 1 is 1.10 bits per heavy atom. The largest absolute Gasteiger partial charge is 0.497 e. The number of ether oxygens (including phenoxy) is 4. The maximum Gasteiger partial charge on any atom is 0.347 e. The van der Waals surface area contributed by atoms with E-state index in [1.54, 1.807) is 20.2 Å². The van der Waals surface area contributed by atoms with E-state index in [1.165, 1.54) is 6.07 Å². The van der Waals surface area contributed by atoms with Crippen molar-refractivity contribution in [1.29, 1.82) is 0 Å². The quantitative estimate of drug-likeness (QED) is 0.520. The highest BCUT2D eigenvalue weighted by Gasteiger charge is 2.23. The predicted molar refractivity (Wildman–Crippen MR) is 114 cm³/mol.